The Kier molecular flexibility index (Phi) is 14.3. The first-order valence-corrected chi connectivity index (χ1v) is 19.6. The molecule has 4 aromatic carbocycles. The Morgan fingerprint density at radius 2 is 1.07 bits per heavy atom. The predicted octanol–water partition coefficient (Wildman–Crippen LogP) is 9.12. The molecule has 12 nitrogen and oxygen atoms in total. The van der Waals surface area contributed by atoms with E-state index >= 15 is 0 Å². The number of carbonyl (C=O) groups excluding carboxylic acids is 2. The van der Waals surface area contributed by atoms with Gasteiger partial charge in [0.05, 0.1) is 10.0 Å². The van der Waals surface area contributed by atoms with Crippen molar-refractivity contribution in [2.45, 2.75) is 19.5 Å². The van der Waals surface area contributed by atoms with Gasteiger partial charge in [-0.2, -0.15) is 0 Å². The van der Waals surface area contributed by atoms with Crippen LogP contribution in [0.1, 0.15) is 49.4 Å². The lowest BCUT2D eigenvalue weighted by atomic mass is 10.1. The number of amidine groups is 2. The molecule has 14 heteroatoms. The quantitative estimate of drug-likeness (QED) is 0.0526. The molecular weight excluding hydrogens is 783 g/mol. The maximum absolute atomic E-state index is 12.7. The Balaban J connectivity index is 0.000000199. The average molecular weight is 828 g/mol. The Morgan fingerprint density at radius 1 is 0.627 bits per heavy atom. The van der Waals surface area contributed by atoms with E-state index < -0.39 is 0 Å². The summed E-state index contributed by atoms with van der Waals surface area (Å²) in [5.41, 5.74) is 6.50. The first-order chi connectivity index (χ1) is 28.5. The molecule has 3 heterocycles. The van der Waals surface area contributed by atoms with E-state index in [0.717, 1.165) is 53.1 Å². The van der Waals surface area contributed by atoms with Crippen molar-refractivity contribution in [3.63, 3.8) is 0 Å². The summed E-state index contributed by atoms with van der Waals surface area (Å²) < 4.78 is 0. The van der Waals surface area contributed by atoms with Gasteiger partial charge in [-0.25, -0.2) is 9.97 Å². The van der Waals surface area contributed by atoms with E-state index in [2.05, 4.69) is 36.1 Å². The number of benzene rings is 4. The van der Waals surface area contributed by atoms with Gasteiger partial charge in [-0.15, -0.1) is 0 Å². The van der Waals surface area contributed by atoms with E-state index in [-0.39, 0.29) is 11.8 Å². The molecule has 0 radical (unpaired) electrons. The molecule has 6 aromatic rings. The molecule has 1 aliphatic heterocycles. The Bertz CT molecular complexity index is 2390. The molecule has 0 bridgehead atoms. The molecule has 2 amide bonds. The number of hydrogen-bond acceptors (Lipinski definition) is 8. The van der Waals surface area contributed by atoms with Crippen LogP contribution in [-0.4, -0.2) is 70.4 Å². The van der Waals surface area contributed by atoms with Crippen LogP contribution in [0.4, 0.5) is 23.0 Å². The topological polar surface area (TPSA) is 162 Å². The van der Waals surface area contributed by atoms with Crippen molar-refractivity contribution in [3.8, 4) is 0 Å². The Morgan fingerprint density at radius 3 is 1.46 bits per heavy atom. The highest BCUT2D eigenvalue weighted by Crippen LogP contribution is 2.20. The summed E-state index contributed by atoms with van der Waals surface area (Å²) in [6, 6.07) is 37.0. The normalized spacial score (nSPS) is 11.6. The number of likely N-dealkylation sites (tertiary alicyclic amines) is 1. The van der Waals surface area contributed by atoms with E-state index in [1.807, 2.05) is 99.0 Å². The summed E-state index contributed by atoms with van der Waals surface area (Å²) in [5, 5.41) is 29.5. The number of rotatable bonds is 12. The van der Waals surface area contributed by atoms with E-state index in [9.17, 15) is 9.59 Å². The van der Waals surface area contributed by atoms with Gasteiger partial charge in [0.15, 0.2) is 0 Å². The molecule has 0 saturated carbocycles. The van der Waals surface area contributed by atoms with Gasteiger partial charge in [0.2, 0.25) is 0 Å². The summed E-state index contributed by atoms with van der Waals surface area (Å²) in [7, 11) is 3.69. The Labute approximate surface area is 353 Å². The molecule has 1 aliphatic rings. The molecule has 0 unspecified atom stereocenters. The van der Waals surface area contributed by atoms with Crippen molar-refractivity contribution < 1.29 is 9.59 Å². The molecule has 59 heavy (non-hydrogen) atoms. The van der Waals surface area contributed by atoms with Crippen molar-refractivity contribution in [2.24, 2.45) is 0 Å². The number of anilines is 4. The summed E-state index contributed by atoms with van der Waals surface area (Å²) in [5.74, 6) is 1.47. The molecule has 2 aromatic heterocycles. The van der Waals surface area contributed by atoms with Crippen LogP contribution in [0.5, 0.6) is 0 Å². The molecule has 1 saturated heterocycles. The molecule has 0 atom stereocenters. The first kappa shape index (κ1) is 41.9. The van der Waals surface area contributed by atoms with Crippen molar-refractivity contribution >= 4 is 69.7 Å². The van der Waals surface area contributed by atoms with Gasteiger partial charge in [-0.1, -0.05) is 59.6 Å². The zero-order valence-electron chi connectivity index (χ0n) is 32.6. The third-order valence-electron chi connectivity index (χ3n) is 9.36. The summed E-state index contributed by atoms with van der Waals surface area (Å²) in [6.07, 6.45) is 4.14. The van der Waals surface area contributed by atoms with Gasteiger partial charge in [0.25, 0.3) is 11.8 Å². The summed E-state index contributed by atoms with van der Waals surface area (Å²) in [6.45, 7) is 2.91. The maximum atomic E-state index is 12.7. The number of hydrogen-bond donors (Lipinski definition) is 6. The van der Waals surface area contributed by atoms with Crippen LogP contribution in [-0.2, 0) is 13.1 Å². The second-order valence-electron chi connectivity index (χ2n) is 13.7. The molecule has 300 valence electrons. The van der Waals surface area contributed by atoms with Gasteiger partial charge >= 0.3 is 0 Å². The second kappa shape index (κ2) is 20.1. The van der Waals surface area contributed by atoms with E-state index in [1.54, 1.807) is 41.3 Å². The fourth-order valence-electron chi connectivity index (χ4n) is 5.93. The number of pyridine rings is 2. The maximum Gasteiger partial charge on any atom is 0.257 e. The Hall–Kier alpha value is -6.76. The molecular formula is C45H44Cl2N10O2. The van der Waals surface area contributed by atoms with E-state index in [4.69, 9.17) is 34.0 Å². The standard InChI is InChI=1S/C23H22ClN5O.C22H22ClN5O/c24-18-8-11-21(27-15-18)28-23(30)20-5-2-1-4-17(20)14-26-19-9-6-16(7-10-19)22(25)29-12-3-13-29;1-28(2)21(24)15-7-10-18(11-8-15)25-13-16-5-3-4-6-19(16)22(29)27-20-12-9-17(23)14-26-20/h1-2,4-11,15,25-26H,3,12-14H2,(H,27,28,30);3-12,14,24-25H,13H2,1-2H3,(H,26,27,29). The summed E-state index contributed by atoms with van der Waals surface area (Å²) in [4.78, 5) is 37.4. The highest BCUT2D eigenvalue weighted by atomic mass is 35.5. The third-order valence-corrected chi connectivity index (χ3v) is 9.81. The number of amides is 2. The van der Waals surface area contributed by atoms with Crippen LogP contribution < -0.4 is 21.3 Å². The van der Waals surface area contributed by atoms with Gasteiger partial charge in [0, 0.05) is 86.3 Å². The SMILES string of the molecule is CN(C)C(=N)c1ccc(NCc2ccccc2C(=O)Nc2ccc(Cl)cn2)cc1.N=C(c1ccc(NCc2ccccc2C(=O)Nc2ccc(Cl)cn2)cc1)N1CCC1. The number of nitrogens with one attached hydrogen (secondary N) is 6. The van der Waals surface area contributed by atoms with Crippen LogP contribution in [0.15, 0.2) is 134 Å². The van der Waals surface area contributed by atoms with Crippen LogP contribution in [0, 0.1) is 10.8 Å². The summed E-state index contributed by atoms with van der Waals surface area (Å²) >= 11 is 11.7. The largest absolute Gasteiger partial charge is 0.381 e. The van der Waals surface area contributed by atoms with E-state index in [0.29, 0.717) is 57.6 Å². The van der Waals surface area contributed by atoms with Gasteiger partial charge in [-0.05, 0) is 102 Å². The second-order valence-corrected chi connectivity index (χ2v) is 14.6. The third kappa shape index (κ3) is 11.7. The minimum atomic E-state index is -0.230. The number of nitrogens with zero attached hydrogens (tertiary/aromatic N) is 4. The lowest BCUT2D eigenvalue weighted by Gasteiger charge is -2.33. The number of carbonyl (C=O) groups is 2. The van der Waals surface area contributed by atoms with Crippen molar-refractivity contribution in [2.75, 3.05) is 48.5 Å². The van der Waals surface area contributed by atoms with Gasteiger partial charge in [-0.3, -0.25) is 20.4 Å². The number of aromatic nitrogens is 2. The first-order valence-electron chi connectivity index (χ1n) is 18.8. The highest BCUT2D eigenvalue weighted by molar-refractivity contribution is 6.30. The average Bonchev–Trinajstić information content (AvgIpc) is 3.23. The smallest absolute Gasteiger partial charge is 0.257 e. The van der Waals surface area contributed by atoms with Crippen LogP contribution in [0.25, 0.3) is 0 Å². The fraction of sp³-hybridized carbons (Fsp3) is 0.156. The zero-order chi connectivity index (χ0) is 41.7. The molecule has 7 rings (SSSR count). The molecule has 1 fully saturated rings. The lowest BCUT2D eigenvalue weighted by Crippen LogP contribution is -2.42. The minimum Gasteiger partial charge on any atom is -0.381 e. The molecule has 6 N–H and O–H groups in total. The zero-order valence-corrected chi connectivity index (χ0v) is 34.1. The van der Waals surface area contributed by atoms with Crippen molar-refractivity contribution in [1.82, 2.24) is 19.8 Å². The van der Waals surface area contributed by atoms with Gasteiger partial charge in [0.1, 0.15) is 23.3 Å². The lowest BCUT2D eigenvalue weighted by molar-refractivity contribution is 0.101. The predicted molar refractivity (Wildman–Crippen MR) is 238 cm³/mol. The monoisotopic (exact) mass is 826 g/mol. The van der Waals surface area contributed by atoms with Crippen LogP contribution >= 0.6 is 23.2 Å². The minimum absolute atomic E-state index is 0.222. The molecule has 0 spiro atoms. The highest BCUT2D eigenvalue weighted by Gasteiger charge is 2.18. The van der Waals surface area contributed by atoms with Crippen LogP contribution in [0.3, 0.4) is 0 Å². The van der Waals surface area contributed by atoms with Crippen molar-refractivity contribution in [3.05, 3.63) is 177 Å². The van der Waals surface area contributed by atoms with Crippen molar-refractivity contribution in [1.29, 1.82) is 10.8 Å². The van der Waals surface area contributed by atoms with Crippen LogP contribution in [0.2, 0.25) is 10.0 Å². The van der Waals surface area contributed by atoms with E-state index in [1.165, 1.54) is 12.4 Å². The van der Waals surface area contributed by atoms with Gasteiger partial charge < -0.3 is 31.1 Å². The molecule has 0 aliphatic carbocycles. The fourth-order valence-corrected chi connectivity index (χ4v) is 6.15. The number of halogens is 2.